The third-order valence-corrected chi connectivity index (χ3v) is 9.45. The van der Waals surface area contributed by atoms with Crippen molar-refractivity contribution in [3.8, 4) is 0 Å². The molecule has 0 aliphatic carbocycles. The van der Waals surface area contributed by atoms with Crippen LogP contribution in [0.5, 0.6) is 0 Å². The highest BCUT2D eigenvalue weighted by Crippen LogP contribution is 2.28. The molecule has 2 heterocycles. The Morgan fingerprint density at radius 2 is 1.91 bits per heavy atom. The monoisotopic (exact) mass is 505 g/mol. The zero-order valence-electron chi connectivity index (χ0n) is 19.6. The SMILES string of the molecule is C=CCn1c(=NC(=O)c2ccc(S(=O)(=O)N3CCCC(C)C3)cc2)sc2c3ccccc3ccc21. The molecule has 1 amide bonds. The predicted octanol–water partition coefficient (Wildman–Crippen LogP) is 5.20. The first kappa shape index (κ1) is 23.7. The highest BCUT2D eigenvalue weighted by molar-refractivity contribution is 7.89. The van der Waals surface area contributed by atoms with Crippen molar-refractivity contribution in [2.45, 2.75) is 31.2 Å². The number of amides is 1. The van der Waals surface area contributed by atoms with E-state index in [9.17, 15) is 13.2 Å². The molecule has 1 aromatic heterocycles. The molecule has 1 atom stereocenters. The van der Waals surface area contributed by atoms with Crippen LogP contribution < -0.4 is 4.80 Å². The van der Waals surface area contributed by atoms with Crippen LogP contribution in [0.3, 0.4) is 0 Å². The van der Waals surface area contributed by atoms with E-state index in [1.807, 2.05) is 22.8 Å². The van der Waals surface area contributed by atoms with Crippen molar-refractivity contribution in [1.29, 1.82) is 0 Å². The standard InChI is InChI=1S/C27H27N3O3S2/c1-3-16-30-24-15-12-20-8-4-5-9-23(20)25(24)34-27(30)28-26(31)21-10-13-22(14-11-21)35(32,33)29-17-6-7-19(2)18-29/h3-5,8-15,19H,1,6-7,16-18H2,2H3. The van der Waals surface area contributed by atoms with E-state index in [-0.39, 0.29) is 4.90 Å². The minimum absolute atomic E-state index is 0.207. The maximum Gasteiger partial charge on any atom is 0.279 e. The van der Waals surface area contributed by atoms with Gasteiger partial charge in [-0.05, 0) is 54.5 Å². The van der Waals surface area contributed by atoms with Gasteiger partial charge in [0, 0.05) is 30.6 Å². The van der Waals surface area contributed by atoms with E-state index in [2.05, 4.69) is 36.7 Å². The van der Waals surface area contributed by atoms with Crippen molar-refractivity contribution in [3.63, 3.8) is 0 Å². The molecule has 6 nitrogen and oxygen atoms in total. The summed E-state index contributed by atoms with van der Waals surface area (Å²) in [5.41, 5.74) is 1.35. The third kappa shape index (κ3) is 4.49. The summed E-state index contributed by atoms with van der Waals surface area (Å²) in [6.07, 6.45) is 3.69. The van der Waals surface area contributed by atoms with Gasteiger partial charge >= 0.3 is 0 Å². The molecule has 180 valence electrons. The van der Waals surface area contributed by atoms with Crippen molar-refractivity contribution in [2.75, 3.05) is 13.1 Å². The molecule has 1 fully saturated rings. The number of fused-ring (bicyclic) bond motifs is 3. The molecular formula is C27H27N3O3S2. The summed E-state index contributed by atoms with van der Waals surface area (Å²) >= 11 is 1.47. The molecule has 0 spiro atoms. The summed E-state index contributed by atoms with van der Waals surface area (Å²) in [6, 6.07) is 18.4. The number of allylic oxidation sites excluding steroid dienone is 1. The number of sulfonamides is 1. The fraction of sp³-hybridized carbons (Fsp3) is 0.259. The lowest BCUT2D eigenvalue weighted by Gasteiger charge is -2.30. The zero-order chi connectivity index (χ0) is 24.6. The lowest BCUT2D eigenvalue weighted by Crippen LogP contribution is -2.39. The summed E-state index contributed by atoms with van der Waals surface area (Å²) in [5.74, 6) is -0.0620. The van der Waals surface area contributed by atoms with Gasteiger partial charge < -0.3 is 4.57 Å². The van der Waals surface area contributed by atoms with E-state index in [4.69, 9.17) is 0 Å². The lowest BCUT2D eigenvalue weighted by molar-refractivity contribution is 0.0997. The summed E-state index contributed by atoms with van der Waals surface area (Å²) in [5, 5.41) is 2.24. The first-order chi connectivity index (χ1) is 16.9. The Morgan fingerprint density at radius 1 is 1.14 bits per heavy atom. The van der Waals surface area contributed by atoms with Crippen molar-refractivity contribution >= 4 is 48.3 Å². The largest absolute Gasteiger partial charge is 0.312 e. The van der Waals surface area contributed by atoms with E-state index < -0.39 is 15.9 Å². The van der Waals surface area contributed by atoms with Gasteiger partial charge in [0.25, 0.3) is 5.91 Å². The molecule has 5 rings (SSSR count). The summed E-state index contributed by atoms with van der Waals surface area (Å²) in [7, 11) is -3.57. The van der Waals surface area contributed by atoms with Gasteiger partial charge in [0.15, 0.2) is 4.80 Å². The van der Waals surface area contributed by atoms with Crippen molar-refractivity contribution in [2.24, 2.45) is 10.9 Å². The number of carbonyl (C=O) groups excluding carboxylic acids is 1. The van der Waals surface area contributed by atoms with E-state index in [1.165, 1.54) is 23.5 Å². The Bertz CT molecular complexity index is 1600. The molecule has 0 saturated carbocycles. The second-order valence-corrected chi connectivity index (χ2v) is 11.9. The molecule has 35 heavy (non-hydrogen) atoms. The average Bonchev–Trinajstić information content (AvgIpc) is 3.21. The molecule has 3 aromatic carbocycles. The molecule has 1 aliphatic rings. The first-order valence-electron chi connectivity index (χ1n) is 11.7. The lowest BCUT2D eigenvalue weighted by atomic mass is 10.0. The van der Waals surface area contributed by atoms with Crippen LogP contribution in [0, 0.1) is 5.92 Å². The van der Waals surface area contributed by atoms with Gasteiger partial charge in [0.2, 0.25) is 10.0 Å². The maximum atomic E-state index is 13.1. The Kier molecular flexibility index (Phi) is 6.44. The van der Waals surface area contributed by atoms with Crippen LogP contribution in [0.25, 0.3) is 21.0 Å². The van der Waals surface area contributed by atoms with Crippen molar-refractivity contribution in [3.05, 3.63) is 83.7 Å². The number of benzene rings is 3. The highest BCUT2D eigenvalue weighted by Gasteiger charge is 2.28. The van der Waals surface area contributed by atoms with Crippen LogP contribution in [0.4, 0.5) is 0 Å². The highest BCUT2D eigenvalue weighted by atomic mass is 32.2. The normalized spacial score (nSPS) is 17.7. The summed E-state index contributed by atoms with van der Waals surface area (Å²) in [4.78, 5) is 18.3. The van der Waals surface area contributed by atoms with Gasteiger partial charge in [0.1, 0.15) is 0 Å². The molecule has 8 heteroatoms. The van der Waals surface area contributed by atoms with Gasteiger partial charge in [-0.15, -0.1) is 6.58 Å². The summed E-state index contributed by atoms with van der Waals surface area (Å²) < 4.78 is 30.7. The second-order valence-electron chi connectivity index (χ2n) is 8.97. The van der Waals surface area contributed by atoms with E-state index in [0.717, 1.165) is 33.8 Å². The third-order valence-electron chi connectivity index (χ3n) is 6.44. The first-order valence-corrected chi connectivity index (χ1v) is 14.0. The molecule has 1 saturated heterocycles. The minimum Gasteiger partial charge on any atom is -0.312 e. The number of nitrogens with zero attached hydrogens (tertiary/aromatic N) is 3. The van der Waals surface area contributed by atoms with E-state index >= 15 is 0 Å². The molecule has 0 N–H and O–H groups in total. The number of hydrogen-bond acceptors (Lipinski definition) is 4. The Morgan fingerprint density at radius 3 is 2.66 bits per heavy atom. The van der Waals surface area contributed by atoms with Crippen molar-refractivity contribution in [1.82, 2.24) is 8.87 Å². The minimum atomic E-state index is -3.57. The number of carbonyl (C=O) groups is 1. The van der Waals surface area contributed by atoms with Crippen LogP contribution in [0.1, 0.15) is 30.1 Å². The van der Waals surface area contributed by atoms with Crippen LogP contribution in [0.15, 0.2) is 83.2 Å². The summed E-state index contributed by atoms with van der Waals surface area (Å²) in [6.45, 7) is 7.51. The number of thiazole rings is 1. The smallest absolute Gasteiger partial charge is 0.279 e. The molecule has 0 radical (unpaired) electrons. The van der Waals surface area contributed by atoms with Gasteiger partial charge in [-0.2, -0.15) is 9.30 Å². The number of aromatic nitrogens is 1. The Hall–Kier alpha value is -3.07. The molecular weight excluding hydrogens is 478 g/mol. The Labute approximate surface area is 208 Å². The molecule has 1 aliphatic heterocycles. The molecule has 4 aromatic rings. The number of hydrogen-bond donors (Lipinski definition) is 0. The van der Waals surface area contributed by atoms with Crippen molar-refractivity contribution < 1.29 is 13.2 Å². The van der Waals surface area contributed by atoms with Crippen LogP contribution >= 0.6 is 11.3 Å². The number of rotatable bonds is 5. The fourth-order valence-electron chi connectivity index (χ4n) is 4.62. The topological polar surface area (TPSA) is 71.7 Å². The van der Waals surface area contributed by atoms with Gasteiger partial charge in [0.05, 0.1) is 15.1 Å². The number of piperidine rings is 1. The zero-order valence-corrected chi connectivity index (χ0v) is 21.2. The Balaban J connectivity index is 1.50. The van der Waals surface area contributed by atoms with Crippen LogP contribution in [-0.2, 0) is 16.6 Å². The second kappa shape index (κ2) is 9.53. The maximum absolute atomic E-state index is 13.1. The molecule has 0 bridgehead atoms. The van der Waals surface area contributed by atoms with Gasteiger partial charge in [-0.25, -0.2) is 8.42 Å². The fourth-order valence-corrected chi connectivity index (χ4v) is 7.40. The van der Waals surface area contributed by atoms with Gasteiger partial charge in [-0.3, -0.25) is 4.79 Å². The quantitative estimate of drug-likeness (QED) is 0.350. The van der Waals surface area contributed by atoms with E-state index in [1.54, 1.807) is 22.5 Å². The van der Waals surface area contributed by atoms with Crippen LogP contribution in [-0.4, -0.2) is 36.3 Å². The predicted molar refractivity (Wildman–Crippen MR) is 141 cm³/mol. The van der Waals surface area contributed by atoms with Crippen LogP contribution in [0.2, 0.25) is 0 Å². The van der Waals surface area contributed by atoms with E-state index in [0.29, 0.717) is 35.9 Å². The molecule has 1 unspecified atom stereocenters. The van der Waals surface area contributed by atoms with Gasteiger partial charge in [-0.1, -0.05) is 54.7 Å². The average molecular weight is 506 g/mol.